The number of likely N-dealkylation sites (tertiary alicyclic amines) is 1. The fourth-order valence-corrected chi connectivity index (χ4v) is 4.46. The maximum atomic E-state index is 12.8. The first-order chi connectivity index (χ1) is 12.8. The van der Waals surface area contributed by atoms with Gasteiger partial charge in [-0.1, -0.05) is 19.3 Å². The van der Waals surface area contributed by atoms with E-state index < -0.39 is 0 Å². The lowest BCUT2D eigenvalue weighted by molar-refractivity contribution is -0.138. The number of nitrogens with one attached hydrogen (secondary N) is 2. The van der Waals surface area contributed by atoms with Crippen molar-refractivity contribution in [2.75, 3.05) is 46.8 Å². The Morgan fingerprint density at radius 2 is 1.68 bits per heavy atom. The summed E-state index contributed by atoms with van der Waals surface area (Å²) >= 11 is 0. The maximum Gasteiger partial charge on any atom is 0.230 e. The number of hydrogen-bond acceptors (Lipinski definition) is 3. The van der Waals surface area contributed by atoms with Gasteiger partial charge in [0.05, 0.1) is 12.0 Å². The Bertz CT molecular complexity index is 509. The van der Waals surface area contributed by atoms with Crippen LogP contribution < -0.4 is 10.6 Å². The summed E-state index contributed by atoms with van der Waals surface area (Å²) in [4.78, 5) is 22.0. The molecule has 2 aliphatic rings. The van der Waals surface area contributed by atoms with Crippen LogP contribution in [0.25, 0.3) is 0 Å². The first kappa shape index (κ1) is 25.5. The van der Waals surface area contributed by atoms with Gasteiger partial charge >= 0.3 is 0 Å². The normalized spacial score (nSPS) is 20.4. The molecule has 6 nitrogen and oxygen atoms in total. The van der Waals surface area contributed by atoms with E-state index in [0.717, 1.165) is 44.7 Å². The molecule has 0 radical (unpaired) electrons. The van der Waals surface area contributed by atoms with Crippen LogP contribution in [-0.4, -0.2) is 74.0 Å². The molecule has 28 heavy (non-hydrogen) atoms. The summed E-state index contributed by atoms with van der Waals surface area (Å²) in [5.41, 5.74) is -0.213. The smallest absolute Gasteiger partial charge is 0.230 e. The molecule has 0 aromatic rings. The second kappa shape index (κ2) is 11.6. The van der Waals surface area contributed by atoms with Gasteiger partial charge in [0.2, 0.25) is 5.91 Å². The number of guanidine groups is 1. The largest absolute Gasteiger partial charge is 0.357 e. The quantitative estimate of drug-likeness (QED) is 0.316. The van der Waals surface area contributed by atoms with Crippen LogP contribution in [0.2, 0.25) is 0 Å². The number of amides is 1. The molecule has 0 spiro atoms. The predicted octanol–water partition coefficient (Wildman–Crippen LogP) is 3.07. The monoisotopic (exact) mass is 507 g/mol. The van der Waals surface area contributed by atoms with Crippen LogP contribution in [0.3, 0.4) is 0 Å². The van der Waals surface area contributed by atoms with Gasteiger partial charge in [-0.05, 0) is 59.5 Å². The zero-order valence-electron chi connectivity index (χ0n) is 18.6. The molecule has 1 aliphatic carbocycles. The van der Waals surface area contributed by atoms with Crippen LogP contribution >= 0.6 is 24.0 Å². The number of piperidine rings is 1. The molecular weight excluding hydrogens is 465 g/mol. The molecule has 2 rings (SSSR count). The van der Waals surface area contributed by atoms with Crippen LogP contribution in [0.4, 0.5) is 0 Å². The highest BCUT2D eigenvalue weighted by molar-refractivity contribution is 14.0. The van der Waals surface area contributed by atoms with Gasteiger partial charge < -0.3 is 15.5 Å². The zero-order valence-corrected chi connectivity index (χ0v) is 21.0. The Morgan fingerprint density at radius 3 is 2.21 bits per heavy atom. The first-order valence-electron chi connectivity index (χ1n) is 10.8. The zero-order chi connectivity index (χ0) is 19.9. The topological polar surface area (TPSA) is 60.0 Å². The summed E-state index contributed by atoms with van der Waals surface area (Å²) in [5, 5.41) is 6.85. The van der Waals surface area contributed by atoms with Crippen LogP contribution in [0.5, 0.6) is 0 Å². The van der Waals surface area contributed by atoms with Crippen molar-refractivity contribution in [2.24, 2.45) is 10.4 Å². The van der Waals surface area contributed by atoms with E-state index in [1.807, 2.05) is 14.1 Å². The third-order valence-corrected chi connectivity index (χ3v) is 6.20. The van der Waals surface area contributed by atoms with Gasteiger partial charge in [-0.3, -0.25) is 14.7 Å². The highest BCUT2D eigenvalue weighted by atomic mass is 127. The van der Waals surface area contributed by atoms with Crippen molar-refractivity contribution < 1.29 is 4.79 Å². The number of halogens is 1. The van der Waals surface area contributed by atoms with Crippen molar-refractivity contribution in [3.05, 3.63) is 0 Å². The summed E-state index contributed by atoms with van der Waals surface area (Å²) in [6.07, 6.45) is 8.14. The summed E-state index contributed by atoms with van der Waals surface area (Å²) < 4.78 is 0. The van der Waals surface area contributed by atoms with Gasteiger partial charge in [-0.15, -0.1) is 24.0 Å². The molecule has 1 heterocycles. The number of carbonyl (C=O) groups excluding carboxylic acids is 1. The van der Waals surface area contributed by atoms with Gasteiger partial charge in [0.15, 0.2) is 5.96 Å². The minimum absolute atomic E-state index is 0. The van der Waals surface area contributed by atoms with Crippen molar-refractivity contribution in [2.45, 2.75) is 71.3 Å². The molecule has 1 amide bonds. The van der Waals surface area contributed by atoms with Gasteiger partial charge in [-0.2, -0.15) is 0 Å². The van der Waals surface area contributed by atoms with Crippen LogP contribution in [-0.2, 0) is 4.79 Å². The lowest BCUT2D eigenvalue weighted by Crippen LogP contribution is -2.51. The van der Waals surface area contributed by atoms with Crippen molar-refractivity contribution in [1.29, 1.82) is 0 Å². The molecule has 0 aromatic heterocycles. The number of rotatable bonds is 7. The van der Waals surface area contributed by atoms with Gasteiger partial charge in [0.25, 0.3) is 0 Å². The molecule has 164 valence electrons. The number of hydrogen-bond donors (Lipinski definition) is 2. The minimum atomic E-state index is -0.276. The molecular formula is C21H42IN5O. The van der Waals surface area contributed by atoms with Crippen LogP contribution in [0.1, 0.15) is 65.7 Å². The SMILES string of the molecule is CCNC(=NCC(C)(C)N1CCCCC1)NCC1(C(=O)N(C)C)CCCC1.I. The highest BCUT2D eigenvalue weighted by Crippen LogP contribution is 2.38. The highest BCUT2D eigenvalue weighted by Gasteiger charge is 2.42. The fourth-order valence-electron chi connectivity index (χ4n) is 4.46. The average molecular weight is 508 g/mol. The van der Waals surface area contributed by atoms with Gasteiger partial charge in [0, 0.05) is 32.7 Å². The second-order valence-electron chi connectivity index (χ2n) is 9.10. The maximum absolute atomic E-state index is 12.8. The first-order valence-corrected chi connectivity index (χ1v) is 10.8. The molecule has 2 fully saturated rings. The predicted molar refractivity (Wildman–Crippen MR) is 128 cm³/mol. The van der Waals surface area contributed by atoms with E-state index >= 15 is 0 Å². The van der Waals surface area contributed by atoms with E-state index in [9.17, 15) is 4.79 Å². The minimum Gasteiger partial charge on any atom is -0.357 e. The number of aliphatic imine (C=N–C) groups is 1. The molecule has 0 bridgehead atoms. The third kappa shape index (κ3) is 6.75. The molecule has 2 N–H and O–H groups in total. The van der Waals surface area contributed by atoms with Gasteiger partial charge in [-0.25, -0.2) is 0 Å². The van der Waals surface area contributed by atoms with Crippen LogP contribution in [0, 0.1) is 5.41 Å². The fraction of sp³-hybridized carbons (Fsp3) is 0.905. The average Bonchev–Trinajstić information content (AvgIpc) is 3.14. The lowest BCUT2D eigenvalue weighted by atomic mass is 9.84. The Morgan fingerprint density at radius 1 is 1.07 bits per heavy atom. The molecule has 1 saturated carbocycles. The molecule has 0 atom stereocenters. The standard InChI is InChI=1S/C21H41N5O.HI/c1-6-22-19(23-16-20(2,3)26-14-10-7-11-15-26)24-17-21(12-8-9-13-21)18(27)25(4)5;/h6-17H2,1-5H3,(H2,22,23,24);1H. The lowest BCUT2D eigenvalue weighted by Gasteiger charge is -2.40. The van der Waals surface area contributed by atoms with Crippen molar-refractivity contribution in [1.82, 2.24) is 20.4 Å². The molecule has 1 aliphatic heterocycles. The van der Waals surface area contributed by atoms with E-state index in [0.29, 0.717) is 6.54 Å². The number of nitrogens with zero attached hydrogens (tertiary/aromatic N) is 3. The molecule has 7 heteroatoms. The molecule has 0 unspecified atom stereocenters. The Hall–Kier alpha value is -0.570. The summed E-state index contributed by atoms with van der Waals surface area (Å²) in [5.74, 6) is 1.08. The van der Waals surface area contributed by atoms with E-state index in [-0.39, 0.29) is 40.8 Å². The van der Waals surface area contributed by atoms with Crippen LogP contribution in [0.15, 0.2) is 4.99 Å². The van der Waals surface area contributed by atoms with Gasteiger partial charge in [0.1, 0.15) is 0 Å². The second-order valence-corrected chi connectivity index (χ2v) is 9.10. The third-order valence-electron chi connectivity index (χ3n) is 6.20. The number of carbonyl (C=O) groups is 1. The van der Waals surface area contributed by atoms with E-state index in [2.05, 4.69) is 36.3 Å². The van der Waals surface area contributed by atoms with E-state index in [4.69, 9.17) is 4.99 Å². The van der Waals surface area contributed by atoms with E-state index in [1.54, 1.807) is 4.90 Å². The van der Waals surface area contributed by atoms with E-state index in [1.165, 1.54) is 32.4 Å². The van der Waals surface area contributed by atoms with Crippen molar-refractivity contribution >= 4 is 35.8 Å². The molecule has 1 saturated heterocycles. The van der Waals surface area contributed by atoms with Crippen molar-refractivity contribution in [3.63, 3.8) is 0 Å². The Labute approximate surface area is 189 Å². The Balaban J connectivity index is 0.00000392. The van der Waals surface area contributed by atoms with Crippen molar-refractivity contribution in [3.8, 4) is 0 Å². The summed E-state index contributed by atoms with van der Waals surface area (Å²) in [6, 6.07) is 0. The Kier molecular flexibility index (Phi) is 10.5. The molecule has 0 aromatic carbocycles. The summed E-state index contributed by atoms with van der Waals surface area (Å²) in [7, 11) is 3.73. The summed E-state index contributed by atoms with van der Waals surface area (Å²) in [6.45, 7) is 11.3.